The lowest BCUT2D eigenvalue weighted by molar-refractivity contribution is -0.138. The van der Waals surface area contributed by atoms with Crippen molar-refractivity contribution in [1.29, 1.82) is 5.26 Å². The van der Waals surface area contributed by atoms with E-state index in [9.17, 15) is 4.79 Å². The van der Waals surface area contributed by atoms with Crippen LogP contribution in [0.25, 0.3) is 0 Å². The topological polar surface area (TPSA) is 53.3 Å². The van der Waals surface area contributed by atoms with Crippen molar-refractivity contribution in [1.82, 2.24) is 0 Å². The Hall–Kier alpha value is -1.93. The maximum atomic E-state index is 11.7. The molecule has 0 amide bonds. The Bertz CT molecular complexity index is 560. The second-order valence-corrected chi connectivity index (χ2v) is 4.67. The Balaban J connectivity index is 2.42. The smallest absolute Gasteiger partial charge is 0.351 e. The first kappa shape index (κ1) is 12.5. The summed E-state index contributed by atoms with van der Waals surface area (Å²) in [5.41, 5.74) is 1.05. The highest BCUT2D eigenvalue weighted by molar-refractivity contribution is 8.03. The monoisotopic (exact) mass is 260 g/mol. The lowest BCUT2D eigenvalue weighted by atomic mass is 10.3. The van der Waals surface area contributed by atoms with Gasteiger partial charge in [-0.3, -0.25) is 0 Å². The largest absolute Gasteiger partial charge is 0.462 e. The highest BCUT2D eigenvalue weighted by atomic mass is 32.2. The summed E-state index contributed by atoms with van der Waals surface area (Å²) in [5, 5.41) is 9.75. The average Bonchev–Trinajstić information content (AvgIpc) is 2.69. The van der Waals surface area contributed by atoms with E-state index in [0.29, 0.717) is 5.03 Å². The Morgan fingerprint density at radius 2 is 2.22 bits per heavy atom. The Kier molecular flexibility index (Phi) is 3.58. The number of ether oxygens (including phenoxy) is 1. The maximum Gasteiger partial charge on any atom is 0.351 e. The van der Waals surface area contributed by atoms with Crippen LogP contribution in [0.5, 0.6) is 0 Å². The number of nitrogens with zero attached hydrogens (tertiary/aromatic N) is 2. The zero-order chi connectivity index (χ0) is 13.1. The van der Waals surface area contributed by atoms with Gasteiger partial charge in [0.1, 0.15) is 11.1 Å². The van der Waals surface area contributed by atoms with Crippen molar-refractivity contribution in [3.05, 3.63) is 34.9 Å². The van der Waals surface area contributed by atoms with E-state index in [1.54, 1.807) is 6.92 Å². The average molecular weight is 260 g/mol. The molecule has 92 valence electrons. The first-order valence-electron chi connectivity index (χ1n) is 5.51. The van der Waals surface area contributed by atoms with Gasteiger partial charge in [0.25, 0.3) is 0 Å². The van der Waals surface area contributed by atoms with Gasteiger partial charge in [0.2, 0.25) is 0 Å². The Labute approximate surface area is 110 Å². The summed E-state index contributed by atoms with van der Waals surface area (Å²) in [6.45, 7) is 1.98. The van der Waals surface area contributed by atoms with E-state index < -0.39 is 5.97 Å². The number of fused-ring (bicyclic) bond motifs is 1. The SMILES string of the molecule is CCOC(=O)/C(C#N)=C1/Sc2ccccc2N1C. The molecule has 0 aliphatic carbocycles. The number of hydrogen-bond acceptors (Lipinski definition) is 5. The molecule has 1 aliphatic rings. The molecule has 2 rings (SSSR count). The van der Waals surface area contributed by atoms with Crippen molar-refractivity contribution < 1.29 is 9.53 Å². The molecule has 0 fully saturated rings. The molecule has 0 saturated carbocycles. The quantitative estimate of drug-likeness (QED) is 0.464. The van der Waals surface area contributed by atoms with Gasteiger partial charge in [0, 0.05) is 11.9 Å². The van der Waals surface area contributed by atoms with Crippen LogP contribution in [0.4, 0.5) is 5.69 Å². The molecule has 0 spiro atoms. The second-order valence-electron chi connectivity index (χ2n) is 3.64. The molecular formula is C13H12N2O2S. The normalized spacial score (nSPS) is 15.9. The van der Waals surface area contributed by atoms with E-state index in [1.165, 1.54) is 11.8 Å². The third-order valence-electron chi connectivity index (χ3n) is 2.54. The van der Waals surface area contributed by atoms with Crippen LogP contribution in [-0.2, 0) is 9.53 Å². The summed E-state index contributed by atoms with van der Waals surface area (Å²) < 4.78 is 4.90. The van der Waals surface area contributed by atoms with Crippen LogP contribution < -0.4 is 4.90 Å². The van der Waals surface area contributed by atoms with Crippen LogP contribution >= 0.6 is 11.8 Å². The maximum absolute atomic E-state index is 11.7. The number of thioether (sulfide) groups is 1. The van der Waals surface area contributed by atoms with Gasteiger partial charge in [0.05, 0.1) is 12.3 Å². The van der Waals surface area contributed by atoms with Gasteiger partial charge < -0.3 is 9.64 Å². The molecule has 4 nitrogen and oxygen atoms in total. The molecule has 0 N–H and O–H groups in total. The van der Waals surface area contributed by atoms with Crippen LogP contribution in [0.2, 0.25) is 0 Å². The van der Waals surface area contributed by atoms with Gasteiger partial charge in [0.15, 0.2) is 5.57 Å². The zero-order valence-corrected chi connectivity index (χ0v) is 11.0. The lowest BCUT2D eigenvalue weighted by Crippen LogP contribution is -2.16. The standard InChI is InChI=1S/C13H12N2O2S/c1-3-17-13(16)9(8-14)12-15(2)10-6-4-5-7-11(10)18-12/h4-7H,3H2,1-2H3/b12-9+. The van der Waals surface area contributed by atoms with Crippen LogP contribution in [-0.4, -0.2) is 19.6 Å². The summed E-state index contributed by atoms with van der Waals surface area (Å²) in [4.78, 5) is 14.6. The van der Waals surface area contributed by atoms with Gasteiger partial charge in [-0.1, -0.05) is 23.9 Å². The predicted molar refractivity (Wildman–Crippen MR) is 70.0 cm³/mol. The number of para-hydroxylation sites is 1. The molecule has 1 aromatic carbocycles. The number of hydrogen-bond donors (Lipinski definition) is 0. The molecule has 1 aliphatic heterocycles. The highest BCUT2D eigenvalue weighted by Gasteiger charge is 2.28. The lowest BCUT2D eigenvalue weighted by Gasteiger charge is -2.14. The molecule has 0 aromatic heterocycles. The van der Waals surface area contributed by atoms with Gasteiger partial charge in [-0.05, 0) is 19.1 Å². The van der Waals surface area contributed by atoms with E-state index in [0.717, 1.165) is 10.6 Å². The fourth-order valence-electron chi connectivity index (χ4n) is 1.71. The summed E-state index contributed by atoms with van der Waals surface area (Å²) in [6.07, 6.45) is 0. The van der Waals surface area contributed by atoms with Crippen molar-refractivity contribution in [2.75, 3.05) is 18.6 Å². The Morgan fingerprint density at radius 1 is 1.50 bits per heavy atom. The molecule has 1 aromatic rings. The van der Waals surface area contributed by atoms with Crippen molar-refractivity contribution in [2.45, 2.75) is 11.8 Å². The molecule has 0 unspecified atom stereocenters. The van der Waals surface area contributed by atoms with E-state index in [1.807, 2.05) is 42.3 Å². The van der Waals surface area contributed by atoms with Crippen LogP contribution in [0.3, 0.4) is 0 Å². The number of nitriles is 1. The van der Waals surface area contributed by atoms with Crippen LogP contribution in [0.1, 0.15) is 6.92 Å². The minimum atomic E-state index is -0.567. The van der Waals surface area contributed by atoms with Gasteiger partial charge in [-0.2, -0.15) is 5.26 Å². The third-order valence-corrected chi connectivity index (χ3v) is 3.78. The molecule has 18 heavy (non-hydrogen) atoms. The van der Waals surface area contributed by atoms with Crippen LogP contribution in [0, 0.1) is 11.3 Å². The summed E-state index contributed by atoms with van der Waals surface area (Å²) >= 11 is 1.41. The zero-order valence-electron chi connectivity index (χ0n) is 10.1. The highest BCUT2D eigenvalue weighted by Crippen LogP contribution is 2.45. The van der Waals surface area contributed by atoms with Crippen molar-refractivity contribution in [3.8, 4) is 6.07 Å². The number of benzene rings is 1. The number of esters is 1. The second kappa shape index (κ2) is 5.15. The number of carbonyl (C=O) groups is 1. The van der Waals surface area contributed by atoms with Crippen molar-refractivity contribution >= 4 is 23.4 Å². The third kappa shape index (κ3) is 2.07. The predicted octanol–water partition coefficient (Wildman–Crippen LogP) is 2.53. The first-order chi connectivity index (χ1) is 8.69. The minimum Gasteiger partial charge on any atom is -0.462 e. The van der Waals surface area contributed by atoms with E-state index in [2.05, 4.69) is 0 Å². The number of anilines is 1. The van der Waals surface area contributed by atoms with Crippen molar-refractivity contribution in [2.24, 2.45) is 0 Å². The molecule has 5 heteroatoms. The number of carbonyl (C=O) groups excluding carboxylic acids is 1. The van der Waals surface area contributed by atoms with E-state index in [-0.39, 0.29) is 12.2 Å². The van der Waals surface area contributed by atoms with Crippen molar-refractivity contribution in [3.63, 3.8) is 0 Å². The van der Waals surface area contributed by atoms with Gasteiger partial charge >= 0.3 is 5.97 Å². The van der Waals surface area contributed by atoms with E-state index >= 15 is 0 Å². The molecule has 0 bridgehead atoms. The van der Waals surface area contributed by atoms with E-state index in [4.69, 9.17) is 10.00 Å². The Morgan fingerprint density at radius 3 is 2.83 bits per heavy atom. The van der Waals surface area contributed by atoms with Gasteiger partial charge in [-0.25, -0.2) is 4.79 Å². The summed E-state index contributed by atoms with van der Waals surface area (Å²) in [5.74, 6) is -0.567. The summed E-state index contributed by atoms with van der Waals surface area (Å²) in [6, 6.07) is 9.71. The fourth-order valence-corrected chi connectivity index (χ4v) is 2.84. The fraction of sp³-hybridized carbons (Fsp3) is 0.231. The van der Waals surface area contributed by atoms with Crippen LogP contribution in [0.15, 0.2) is 39.8 Å². The molecular weight excluding hydrogens is 248 g/mol. The first-order valence-corrected chi connectivity index (χ1v) is 6.32. The molecule has 0 radical (unpaired) electrons. The van der Waals surface area contributed by atoms with Gasteiger partial charge in [-0.15, -0.1) is 0 Å². The number of rotatable bonds is 2. The summed E-state index contributed by atoms with van der Waals surface area (Å²) in [7, 11) is 1.84. The molecule has 1 heterocycles. The minimum absolute atomic E-state index is 0.0561. The molecule has 0 saturated heterocycles. The molecule has 0 atom stereocenters.